The first-order valence-electron chi connectivity index (χ1n) is 6.71. The van der Waals surface area contributed by atoms with Gasteiger partial charge in [0.2, 0.25) is 0 Å². The number of benzene rings is 1. The maximum atomic E-state index is 12.6. The van der Waals surface area contributed by atoms with Gasteiger partial charge in [-0.25, -0.2) is 10.8 Å². The summed E-state index contributed by atoms with van der Waals surface area (Å²) >= 11 is 0. The average Bonchev–Trinajstić information content (AvgIpc) is 2.76. The fourth-order valence-corrected chi connectivity index (χ4v) is 2.30. The van der Waals surface area contributed by atoms with E-state index in [4.69, 9.17) is 10.6 Å². The smallest absolute Gasteiger partial charge is 0.272 e. The third-order valence-electron chi connectivity index (χ3n) is 3.36. The molecule has 0 spiro atoms. The van der Waals surface area contributed by atoms with Crippen LogP contribution in [0.15, 0.2) is 42.5 Å². The molecule has 3 rings (SSSR count). The number of amides is 1. The Labute approximate surface area is 122 Å². The van der Waals surface area contributed by atoms with E-state index in [0.717, 1.165) is 11.3 Å². The highest BCUT2D eigenvalue weighted by molar-refractivity contribution is 5.92. The molecule has 1 aromatic heterocycles. The summed E-state index contributed by atoms with van der Waals surface area (Å²) < 4.78 is 5.66. The number of rotatable bonds is 2. The first-order valence-corrected chi connectivity index (χ1v) is 6.71. The molecule has 0 bridgehead atoms. The molecule has 2 heterocycles. The normalized spacial score (nSPS) is 13.9. The van der Waals surface area contributed by atoms with Crippen molar-refractivity contribution < 1.29 is 9.53 Å². The lowest BCUT2D eigenvalue weighted by atomic mass is 10.2. The maximum Gasteiger partial charge on any atom is 0.272 e. The number of nitrogens with one attached hydrogen (secondary N) is 1. The van der Waals surface area contributed by atoms with E-state index in [0.29, 0.717) is 31.2 Å². The van der Waals surface area contributed by atoms with Crippen LogP contribution < -0.4 is 16.0 Å². The van der Waals surface area contributed by atoms with E-state index in [1.54, 1.807) is 23.1 Å². The van der Waals surface area contributed by atoms with Crippen LogP contribution in [0.4, 0.5) is 5.82 Å². The number of pyridine rings is 1. The van der Waals surface area contributed by atoms with Gasteiger partial charge in [-0.3, -0.25) is 4.79 Å². The molecule has 0 radical (unpaired) electrons. The molecule has 21 heavy (non-hydrogen) atoms. The second-order valence-corrected chi connectivity index (χ2v) is 4.74. The summed E-state index contributed by atoms with van der Waals surface area (Å²) in [6.07, 6.45) is 0. The van der Waals surface area contributed by atoms with Crippen molar-refractivity contribution in [3.63, 3.8) is 0 Å². The van der Waals surface area contributed by atoms with Crippen LogP contribution in [0.5, 0.6) is 5.75 Å². The predicted octanol–water partition coefficient (Wildman–Crippen LogP) is 1.40. The van der Waals surface area contributed by atoms with Crippen molar-refractivity contribution in [3.8, 4) is 5.75 Å². The maximum absolute atomic E-state index is 12.6. The molecule has 0 saturated carbocycles. The van der Waals surface area contributed by atoms with Crippen molar-refractivity contribution in [2.75, 3.05) is 18.6 Å². The quantitative estimate of drug-likeness (QED) is 0.643. The van der Waals surface area contributed by atoms with Gasteiger partial charge in [0, 0.05) is 12.1 Å². The van der Waals surface area contributed by atoms with Gasteiger partial charge in [0.05, 0.1) is 6.54 Å². The van der Waals surface area contributed by atoms with Crippen molar-refractivity contribution in [1.29, 1.82) is 0 Å². The Kier molecular flexibility index (Phi) is 3.70. The average molecular weight is 284 g/mol. The molecule has 0 aliphatic carbocycles. The Morgan fingerprint density at radius 1 is 1.24 bits per heavy atom. The number of nitrogens with zero attached hydrogens (tertiary/aromatic N) is 2. The molecule has 1 aromatic carbocycles. The number of anilines is 1. The zero-order valence-corrected chi connectivity index (χ0v) is 11.5. The van der Waals surface area contributed by atoms with Crippen LogP contribution >= 0.6 is 0 Å². The molecule has 6 nitrogen and oxygen atoms in total. The van der Waals surface area contributed by atoms with Gasteiger partial charge in [-0.2, -0.15) is 0 Å². The third-order valence-corrected chi connectivity index (χ3v) is 3.36. The second kappa shape index (κ2) is 5.80. The highest BCUT2D eigenvalue weighted by Crippen LogP contribution is 2.23. The predicted molar refractivity (Wildman–Crippen MR) is 78.7 cm³/mol. The minimum absolute atomic E-state index is 0.132. The molecular formula is C15H16N4O2. The van der Waals surface area contributed by atoms with Crippen LogP contribution in [0.25, 0.3) is 0 Å². The Hall–Kier alpha value is -2.60. The zero-order valence-electron chi connectivity index (χ0n) is 11.5. The number of hydrazine groups is 1. The standard InChI is InChI=1S/C15H16N4O2/c16-18-14-7-3-5-12(17-14)15(20)19-8-9-21-13-6-2-1-4-11(13)10-19/h1-7H,8-10,16H2,(H,17,18). The number of nitrogen functional groups attached to an aromatic ring is 1. The van der Waals surface area contributed by atoms with Crippen LogP contribution in [-0.2, 0) is 6.54 Å². The van der Waals surface area contributed by atoms with Gasteiger partial charge in [-0.1, -0.05) is 24.3 Å². The Bertz CT molecular complexity index is 660. The molecule has 1 amide bonds. The fourth-order valence-electron chi connectivity index (χ4n) is 2.30. The topological polar surface area (TPSA) is 80.5 Å². The molecule has 108 valence electrons. The van der Waals surface area contributed by atoms with Crippen LogP contribution in [0, 0.1) is 0 Å². The molecule has 0 fully saturated rings. The molecule has 6 heteroatoms. The number of fused-ring (bicyclic) bond motifs is 1. The fraction of sp³-hybridized carbons (Fsp3) is 0.200. The minimum atomic E-state index is -0.132. The van der Waals surface area contributed by atoms with Crippen molar-refractivity contribution in [3.05, 3.63) is 53.7 Å². The molecular weight excluding hydrogens is 268 g/mol. The summed E-state index contributed by atoms with van der Waals surface area (Å²) in [6.45, 7) is 1.50. The summed E-state index contributed by atoms with van der Waals surface area (Å²) in [5, 5.41) is 0. The zero-order chi connectivity index (χ0) is 14.7. The minimum Gasteiger partial charge on any atom is -0.491 e. The summed E-state index contributed by atoms with van der Waals surface area (Å²) in [5.74, 6) is 6.49. The lowest BCUT2D eigenvalue weighted by Crippen LogP contribution is -2.33. The van der Waals surface area contributed by atoms with Crippen LogP contribution in [-0.4, -0.2) is 28.9 Å². The SMILES string of the molecule is NNc1cccc(C(=O)N2CCOc3ccccc3C2)n1. The van der Waals surface area contributed by atoms with Crippen LogP contribution in [0.2, 0.25) is 0 Å². The van der Waals surface area contributed by atoms with E-state index < -0.39 is 0 Å². The van der Waals surface area contributed by atoms with E-state index in [9.17, 15) is 4.79 Å². The third kappa shape index (κ3) is 2.80. The summed E-state index contributed by atoms with van der Waals surface area (Å²) in [6, 6.07) is 12.9. The first kappa shape index (κ1) is 13.4. The highest BCUT2D eigenvalue weighted by atomic mass is 16.5. The van der Waals surface area contributed by atoms with Gasteiger partial charge < -0.3 is 15.1 Å². The Morgan fingerprint density at radius 3 is 2.95 bits per heavy atom. The largest absolute Gasteiger partial charge is 0.491 e. The van der Waals surface area contributed by atoms with Crippen molar-refractivity contribution >= 4 is 11.7 Å². The van der Waals surface area contributed by atoms with Crippen molar-refractivity contribution in [2.45, 2.75) is 6.54 Å². The number of carbonyl (C=O) groups excluding carboxylic acids is 1. The lowest BCUT2D eigenvalue weighted by molar-refractivity contribution is 0.0727. The molecule has 1 aliphatic heterocycles. The van der Waals surface area contributed by atoms with Gasteiger partial charge in [-0.05, 0) is 18.2 Å². The van der Waals surface area contributed by atoms with E-state index in [2.05, 4.69) is 10.4 Å². The van der Waals surface area contributed by atoms with Gasteiger partial charge in [0.25, 0.3) is 5.91 Å². The number of nitrogens with two attached hydrogens (primary N) is 1. The Balaban J connectivity index is 1.84. The highest BCUT2D eigenvalue weighted by Gasteiger charge is 2.21. The van der Waals surface area contributed by atoms with Gasteiger partial charge >= 0.3 is 0 Å². The summed E-state index contributed by atoms with van der Waals surface area (Å²) in [5.41, 5.74) is 3.81. The van der Waals surface area contributed by atoms with E-state index in [1.165, 1.54) is 0 Å². The van der Waals surface area contributed by atoms with Gasteiger partial charge in [0.1, 0.15) is 23.9 Å². The van der Waals surface area contributed by atoms with Crippen LogP contribution in [0.3, 0.4) is 0 Å². The molecule has 0 unspecified atom stereocenters. The monoisotopic (exact) mass is 284 g/mol. The van der Waals surface area contributed by atoms with Crippen molar-refractivity contribution in [2.24, 2.45) is 5.84 Å². The second-order valence-electron chi connectivity index (χ2n) is 4.74. The number of ether oxygens (including phenoxy) is 1. The van der Waals surface area contributed by atoms with Crippen LogP contribution in [0.1, 0.15) is 16.1 Å². The van der Waals surface area contributed by atoms with E-state index in [1.807, 2.05) is 24.3 Å². The molecule has 1 aliphatic rings. The number of aromatic nitrogens is 1. The molecule has 2 aromatic rings. The first-order chi connectivity index (χ1) is 10.3. The number of para-hydroxylation sites is 1. The lowest BCUT2D eigenvalue weighted by Gasteiger charge is -2.19. The number of hydrogen-bond donors (Lipinski definition) is 2. The van der Waals surface area contributed by atoms with Gasteiger partial charge in [0.15, 0.2) is 0 Å². The van der Waals surface area contributed by atoms with E-state index >= 15 is 0 Å². The number of carbonyl (C=O) groups is 1. The van der Waals surface area contributed by atoms with Crippen molar-refractivity contribution in [1.82, 2.24) is 9.88 Å². The summed E-state index contributed by atoms with van der Waals surface area (Å²) in [7, 11) is 0. The van der Waals surface area contributed by atoms with E-state index in [-0.39, 0.29) is 5.91 Å². The summed E-state index contributed by atoms with van der Waals surface area (Å²) in [4.78, 5) is 18.5. The molecule has 3 N–H and O–H groups in total. The van der Waals surface area contributed by atoms with Gasteiger partial charge in [-0.15, -0.1) is 0 Å². The number of hydrogen-bond acceptors (Lipinski definition) is 5. The Morgan fingerprint density at radius 2 is 2.10 bits per heavy atom. The molecule has 0 saturated heterocycles. The molecule has 0 atom stereocenters.